The molecule has 0 saturated carbocycles. The van der Waals surface area contributed by atoms with Crippen LogP contribution in [0.1, 0.15) is 20.3 Å². The van der Waals surface area contributed by atoms with Gasteiger partial charge in [0, 0.05) is 19.5 Å². The van der Waals surface area contributed by atoms with Gasteiger partial charge in [-0.3, -0.25) is 0 Å². The van der Waals surface area contributed by atoms with Gasteiger partial charge in [-0.2, -0.15) is 0 Å². The van der Waals surface area contributed by atoms with Gasteiger partial charge in [-0.1, -0.05) is 0 Å². The fourth-order valence-electron chi connectivity index (χ4n) is 1.83. The summed E-state index contributed by atoms with van der Waals surface area (Å²) in [4.78, 5) is 23.8. The zero-order valence-corrected chi connectivity index (χ0v) is 10.6. The Hall–Kier alpha value is -1.34. The number of aliphatic hydroxyl groups excluding tert-OH is 1. The van der Waals surface area contributed by atoms with E-state index < -0.39 is 24.1 Å². The number of hydrogen-bond donors (Lipinski definition) is 3. The second-order valence-corrected chi connectivity index (χ2v) is 4.55. The van der Waals surface area contributed by atoms with Crippen molar-refractivity contribution in [3.63, 3.8) is 0 Å². The number of rotatable bonds is 5. The third-order valence-corrected chi connectivity index (χ3v) is 2.65. The molecule has 0 radical (unpaired) electrons. The van der Waals surface area contributed by atoms with Crippen molar-refractivity contribution in [1.29, 1.82) is 0 Å². The molecule has 1 heterocycles. The van der Waals surface area contributed by atoms with Gasteiger partial charge in [0.15, 0.2) is 0 Å². The van der Waals surface area contributed by atoms with E-state index in [1.807, 2.05) is 13.8 Å². The number of carboxylic acids is 1. The van der Waals surface area contributed by atoms with Crippen LogP contribution >= 0.6 is 0 Å². The zero-order chi connectivity index (χ0) is 13.7. The molecule has 0 aliphatic carbocycles. The van der Waals surface area contributed by atoms with E-state index in [1.165, 1.54) is 0 Å². The van der Waals surface area contributed by atoms with Crippen molar-refractivity contribution in [1.82, 2.24) is 10.2 Å². The number of amides is 2. The van der Waals surface area contributed by atoms with Crippen LogP contribution in [-0.2, 0) is 9.53 Å². The van der Waals surface area contributed by atoms with Crippen LogP contribution in [0.2, 0.25) is 0 Å². The molecule has 0 aromatic rings. The lowest BCUT2D eigenvalue weighted by Crippen LogP contribution is -2.47. The van der Waals surface area contributed by atoms with Crippen molar-refractivity contribution in [3.8, 4) is 0 Å². The van der Waals surface area contributed by atoms with Crippen LogP contribution in [0.15, 0.2) is 0 Å². The normalized spacial score (nSPS) is 23.4. The molecule has 1 fully saturated rings. The maximum absolute atomic E-state index is 11.7. The second kappa shape index (κ2) is 6.55. The molecule has 7 heteroatoms. The molecule has 0 bridgehead atoms. The van der Waals surface area contributed by atoms with E-state index in [0.717, 1.165) is 4.90 Å². The summed E-state index contributed by atoms with van der Waals surface area (Å²) in [6, 6.07) is -1.43. The van der Waals surface area contributed by atoms with E-state index >= 15 is 0 Å². The first-order valence-corrected chi connectivity index (χ1v) is 5.98. The van der Waals surface area contributed by atoms with E-state index in [4.69, 9.17) is 9.84 Å². The minimum atomic E-state index is -1.10. The molecule has 1 aliphatic rings. The summed E-state index contributed by atoms with van der Waals surface area (Å²) in [5.41, 5.74) is 0. The quantitative estimate of drug-likeness (QED) is 0.586. The number of likely N-dealkylation sites (tertiary alicyclic amines) is 1. The highest BCUT2D eigenvalue weighted by Crippen LogP contribution is 2.17. The highest BCUT2D eigenvalue weighted by atomic mass is 16.5. The predicted molar refractivity (Wildman–Crippen MR) is 63.2 cm³/mol. The molecule has 1 rings (SSSR count). The summed E-state index contributed by atoms with van der Waals surface area (Å²) in [7, 11) is 0. The van der Waals surface area contributed by atoms with Gasteiger partial charge in [0.05, 0.1) is 18.8 Å². The number of carbonyl (C=O) groups excluding carboxylic acids is 1. The molecule has 0 aromatic heterocycles. The lowest BCUT2D eigenvalue weighted by molar-refractivity contribution is -0.141. The number of carbonyl (C=O) groups is 2. The van der Waals surface area contributed by atoms with Crippen LogP contribution in [0, 0.1) is 0 Å². The Balaban J connectivity index is 2.38. The number of nitrogens with zero attached hydrogens (tertiary/aromatic N) is 1. The Morgan fingerprint density at radius 3 is 2.72 bits per heavy atom. The first kappa shape index (κ1) is 14.7. The van der Waals surface area contributed by atoms with Crippen LogP contribution in [-0.4, -0.2) is 65.1 Å². The summed E-state index contributed by atoms with van der Waals surface area (Å²) in [6.45, 7) is 4.51. The van der Waals surface area contributed by atoms with Gasteiger partial charge < -0.3 is 25.2 Å². The largest absolute Gasteiger partial charge is 0.480 e. The summed E-state index contributed by atoms with van der Waals surface area (Å²) in [6.07, 6.45) is -0.614. The molecule has 2 atom stereocenters. The molecule has 18 heavy (non-hydrogen) atoms. The third kappa shape index (κ3) is 4.15. The monoisotopic (exact) mass is 260 g/mol. The predicted octanol–water partition coefficient (Wildman–Crippen LogP) is -0.359. The van der Waals surface area contributed by atoms with E-state index in [9.17, 15) is 14.7 Å². The van der Waals surface area contributed by atoms with Gasteiger partial charge >= 0.3 is 12.0 Å². The number of carboxylic acid groups (broad SMARTS) is 1. The van der Waals surface area contributed by atoms with Crippen LogP contribution in [0.25, 0.3) is 0 Å². The fraction of sp³-hybridized carbons (Fsp3) is 0.818. The smallest absolute Gasteiger partial charge is 0.326 e. The lowest BCUT2D eigenvalue weighted by atomic mass is 10.2. The Morgan fingerprint density at radius 1 is 1.50 bits per heavy atom. The van der Waals surface area contributed by atoms with Gasteiger partial charge in [-0.05, 0) is 13.8 Å². The average molecular weight is 260 g/mol. The Morgan fingerprint density at radius 2 is 2.17 bits per heavy atom. The van der Waals surface area contributed by atoms with Crippen LogP contribution < -0.4 is 5.32 Å². The van der Waals surface area contributed by atoms with Crippen molar-refractivity contribution in [2.45, 2.75) is 38.5 Å². The number of nitrogens with one attached hydrogen (secondary N) is 1. The first-order chi connectivity index (χ1) is 8.41. The highest BCUT2D eigenvalue weighted by molar-refractivity contribution is 5.83. The topological polar surface area (TPSA) is 99.1 Å². The average Bonchev–Trinajstić information content (AvgIpc) is 2.66. The third-order valence-electron chi connectivity index (χ3n) is 2.65. The molecule has 0 aromatic carbocycles. The zero-order valence-electron chi connectivity index (χ0n) is 10.6. The molecule has 7 nitrogen and oxygen atoms in total. The molecular formula is C11H20N2O5. The van der Waals surface area contributed by atoms with Gasteiger partial charge in [-0.25, -0.2) is 9.59 Å². The fourth-order valence-corrected chi connectivity index (χ4v) is 1.83. The van der Waals surface area contributed by atoms with Crippen LogP contribution in [0.3, 0.4) is 0 Å². The second-order valence-electron chi connectivity index (χ2n) is 4.55. The molecule has 1 saturated heterocycles. The molecule has 0 spiro atoms. The standard InChI is InChI=1S/C11H20N2O5/c1-7(2)18-4-3-12-11(17)13-6-8(14)5-9(13)10(15)16/h7-9,14H,3-6H2,1-2H3,(H,12,17)(H,15,16). The summed E-state index contributed by atoms with van der Waals surface area (Å²) in [5.74, 6) is -1.10. The Labute approximate surface area is 106 Å². The number of ether oxygens (including phenoxy) is 1. The van der Waals surface area contributed by atoms with Crippen molar-refractivity contribution >= 4 is 12.0 Å². The lowest BCUT2D eigenvalue weighted by Gasteiger charge is -2.21. The van der Waals surface area contributed by atoms with Gasteiger partial charge in [0.1, 0.15) is 6.04 Å². The van der Waals surface area contributed by atoms with E-state index in [1.54, 1.807) is 0 Å². The molecular weight excluding hydrogens is 240 g/mol. The Bertz CT molecular complexity index is 308. The van der Waals surface area contributed by atoms with Crippen LogP contribution in [0.5, 0.6) is 0 Å². The van der Waals surface area contributed by atoms with E-state index in [2.05, 4.69) is 5.32 Å². The summed E-state index contributed by atoms with van der Waals surface area (Å²) in [5, 5.41) is 20.9. The molecule has 2 amide bonds. The maximum atomic E-state index is 11.7. The minimum absolute atomic E-state index is 0.0494. The molecule has 3 N–H and O–H groups in total. The molecule has 104 valence electrons. The summed E-state index contributed by atoms with van der Waals surface area (Å²) >= 11 is 0. The Kier molecular flexibility index (Phi) is 5.36. The number of β-amino-alcohol motifs (C(OH)–C–C–N with tert-alkyl or cyclic N) is 1. The highest BCUT2D eigenvalue weighted by Gasteiger charge is 2.38. The van der Waals surface area contributed by atoms with E-state index in [0.29, 0.717) is 13.2 Å². The van der Waals surface area contributed by atoms with Crippen molar-refractivity contribution < 1.29 is 24.5 Å². The van der Waals surface area contributed by atoms with Crippen molar-refractivity contribution in [2.24, 2.45) is 0 Å². The first-order valence-electron chi connectivity index (χ1n) is 5.98. The molecule has 2 unspecified atom stereocenters. The van der Waals surface area contributed by atoms with Crippen molar-refractivity contribution in [3.05, 3.63) is 0 Å². The minimum Gasteiger partial charge on any atom is -0.480 e. The van der Waals surface area contributed by atoms with E-state index in [-0.39, 0.29) is 19.1 Å². The molecule has 1 aliphatic heterocycles. The van der Waals surface area contributed by atoms with Gasteiger partial charge in [-0.15, -0.1) is 0 Å². The SMILES string of the molecule is CC(C)OCCNC(=O)N1CC(O)CC1C(=O)O. The van der Waals surface area contributed by atoms with Crippen LogP contribution in [0.4, 0.5) is 4.79 Å². The summed E-state index contributed by atoms with van der Waals surface area (Å²) < 4.78 is 5.25. The van der Waals surface area contributed by atoms with Crippen molar-refractivity contribution in [2.75, 3.05) is 19.7 Å². The number of urea groups is 1. The number of aliphatic hydroxyl groups is 1. The number of aliphatic carboxylic acids is 1. The maximum Gasteiger partial charge on any atom is 0.326 e. The van der Waals surface area contributed by atoms with Gasteiger partial charge in [0.25, 0.3) is 0 Å². The van der Waals surface area contributed by atoms with Gasteiger partial charge in [0.2, 0.25) is 0 Å². The number of hydrogen-bond acceptors (Lipinski definition) is 4.